The van der Waals surface area contributed by atoms with E-state index < -0.39 is 35.4 Å². The third-order valence-corrected chi connectivity index (χ3v) is 4.62. The van der Waals surface area contributed by atoms with Gasteiger partial charge in [0.2, 0.25) is 0 Å². The van der Waals surface area contributed by atoms with Gasteiger partial charge in [-0.05, 0) is 33.8 Å². The number of carbonyl (C=O) groups is 3. The Balaban J connectivity index is 2.78. The number of carboxylic acids is 1. The highest BCUT2D eigenvalue weighted by atomic mass is 16.6. The maximum Gasteiger partial charge on any atom is 0.341 e. The highest BCUT2D eigenvalue weighted by molar-refractivity contribution is 6.00. The minimum atomic E-state index is -1.30. The number of carbonyl (C=O) groups excluding carboxylic acids is 2. The fourth-order valence-electron chi connectivity index (χ4n) is 3.40. The quantitative estimate of drug-likeness (QED) is 0.327. The smallest absolute Gasteiger partial charge is 0.341 e. The Bertz CT molecular complexity index is 971. The van der Waals surface area contributed by atoms with Crippen molar-refractivity contribution in [3.05, 3.63) is 56.4 Å². The number of aliphatic carboxylic acids is 1. The zero-order valence-corrected chi connectivity index (χ0v) is 18.1. The maximum atomic E-state index is 12.8. The van der Waals surface area contributed by atoms with Gasteiger partial charge < -0.3 is 24.6 Å². The number of benzene rings is 1. The van der Waals surface area contributed by atoms with Gasteiger partial charge in [-0.25, -0.2) is 14.4 Å². The standard InChI is InChI=1S/C21H24N2O9/c1-5-30-20(26)17-11(3)22-12(4)18(21(27)31-6-2)19(17)14-8-7-13(23(28)29)9-15(14)32-10-16(24)25/h7-9,19,22H,5-6,10H2,1-4H3,(H,24,25). The molecule has 0 fully saturated rings. The van der Waals surface area contributed by atoms with E-state index in [0.29, 0.717) is 11.4 Å². The van der Waals surface area contributed by atoms with Gasteiger partial charge in [0.25, 0.3) is 5.69 Å². The van der Waals surface area contributed by atoms with Crippen molar-refractivity contribution in [3.8, 4) is 5.75 Å². The Morgan fingerprint density at radius 3 is 2.03 bits per heavy atom. The van der Waals surface area contributed by atoms with Crippen molar-refractivity contribution < 1.29 is 38.6 Å². The monoisotopic (exact) mass is 448 g/mol. The van der Waals surface area contributed by atoms with E-state index in [9.17, 15) is 24.5 Å². The number of dihydropyridines is 1. The molecule has 0 spiro atoms. The third-order valence-electron chi connectivity index (χ3n) is 4.62. The van der Waals surface area contributed by atoms with Gasteiger partial charge in [0.1, 0.15) is 5.75 Å². The van der Waals surface area contributed by atoms with Crippen LogP contribution >= 0.6 is 0 Å². The molecule has 1 aromatic carbocycles. The van der Waals surface area contributed by atoms with Crippen LogP contribution in [0, 0.1) is 10.1 Å². The fourth-order valence-corrected chi connectivity index (χ4v) is 3.40. The fraction of sp³-hybridized carbons (Fsp3) is 0.381. The minimum Gasteiger partial charge on any atom is -0.481 e. The minimum absolute atomic E-state index is 0.0718. The van der Waals surface area contributed by atoms with Crippen LogP contribution in [-0.4, -0.2) is 47.8 Å². The molecule has 0 bridgehead atoms. The van der Waals surface area contributed by atoms with Gasteiger partial charge in [-0.3, -0.25) is 10.1 Å². The van der Waals surface area contributed by atoms with E-state index in [1.807, 2.05) is 0 Å². The van der Waals surface area contributed by atoms with Crippen molar-refractivity contribution in [1.29, 1.82) is 0 Å². The Hall–Kier alpha value is -3.89. The number of rotatable bonds is 9. The molecule has 0 atom stereocenters. The maximum absolute atomic E-state index is 12.8. The number of hydrogen-bond acceptors (Lipinski definition) is 9. The van der Waals surface area contributed by atoms with Crippen LogP contribution in [0.1, 0.15) is 39.2 Å². The molecule has 0 unspecified atom stereocenters. The zero-order chi connectivity index (χ0) is 24.0. The lowest BCUT2D eigenvalue weighted by atomic mass is 9.80. The first-order valence-corrected chi connectivity index (χ1v) is 9.77. The first-order chi connectivity index (χ1) is 15.1. The van der Waals surface area contributed by atoms with E-state index in [4.69, 9.17) is 19.3 Å². The van der Waals surface area contributed by atoms with Gasteiger partial charge in [0.05, 0.1) is 41.3 Å². The van der Waals surface area contributed by atoms with Crippen LogP contribution in [0.5, 0.6) is 5.75 Å². The number of esters is 2. The molecule has 1 heterocycles. The molecule has 0 saturated heterocycles. The largest absolute Gasteiger partial charge is 0.481 e. The lowest BCUT2D eigenvalue weighted by Gasteiger charge is -2.31. The average molecular weight is 448 g/mol. The predicted octanol–water partition coefficient (Wildman–Crippen LogP) is 2.42. The lowest BCUT2D eigenvalue weighted by Crippen LogP contribution is -2.32. The molecule has 0 radical (unpaired) electrons. The second-order valence-corrected chi connectivity index (χ2v) is 6.74. The zero-order valence-electron chi connectivity index (χ0n) is 18.1. The molecule has 0 aromatic heterocycles. The Labute approximate surface area is 183 Å². The molecule has 0 aliphatic carbocycles. The number of carboxylic acid groups (broad SMARTS) is 1. The first kappa shape index (κ1) is 24.4. The molecule has 11 heteroatoms. The van der Waals surface area contributed by atoms with Crippen LogP contribution in [0.4, 0.5) is 5.69 Å². The van der Waals surface area contributed by atoms with Gasteiger partial charge in [-0.1, -0.05) is 0 Å². The molecule has 11 nitrogen and oxygen atoms in total. The summed E-state index contributed by atoms with van der Waals surface area (Å²) in [7, 11) is 0. The van der Waals surface area contributed by atoms with Gasteiger partial charge in [-0.15, -0.1) is 0 Å². The SMILES string of the molecule is CCOC(=O)C1=C(C)NC(C)=C(C(=O)OCC)C1c1ccc([N+](=O)[O-])cc1OCC(=O)O. The highest BCUT2D eigenvalue weighted by Gasteiger charge is 2.39. The Kier molecular flexibility index (Phi) is 7.94. The summed E-state index contributed by atoms with van der Waals surface area (Å²) in [5, 5.41) is 23.2. The van der Waals surface area contributed by atoms with Crippen molar-refractivity contribution in [2.45, 2.75) is 33.6 Å². The molecule has 172 valence electrons. The van der Waals surface area contributed by atoms with Crippen LogP contribution in [0.2, 0.25) is 0 Å². The summed E-state index contributed by atoms with van der Waals surface area (Å²) < 4.78 is 15.7. The van der Waals surface area contributed by atoms with Gasteiger partial charge in [0, 0.05) is 23.0 Å². The van der Waals surface area contributed by atoms with E-state index in [-0.39, 0.29) is 41.4 Å². The number of allylic oxidation sites excluding steroid dienone is 2. The summed E-state index contributed by atoms with van der Waals surface area (Å²) in [5.74, 6) is -3.95. The van der Waals surface area contributed by atoms with Crippen molar-refractivity contribution >= 4 is 23.6 Å². The molecule has 1 aliphatic rings. The summed E-state index contributed by atoms with van der Waals surface area (Å²) in [6, 6.07) is 3.56. The molecule has 1 aliphatic heterocycles. The van der Waals surface area contributed by atoms with E-state index in [1.54, 1.807) is 27.7 Å². The number of non-ortho nitro benzene ring substituents is 1. The van der Waals surface area contributed by atoms with E-state index in [2.05, 4.69) is 5.32 Å². The Morgan fingerprint density at radius 2 is 1.59 bits per heavy atom. The predicted molar refractivity (Wildman–Crippen MR) is 111 cm³/mol. The number of nitrogens with zero attached hydrogens (tertiary/aromatic N) is 1. The van der Waals surface area contributed by atoms with Crippen LogP contribution < -0.4 is 10.1 Å². The molecule has 1 aromatic rings. The third kappa shape index (κ3) is 5.23. The molecular weight excluding hydrogens is 424 g/mol. The van der Waals surface area contributed by atoms with E-state index >= 15 is 0 Å². The highest BCUT2D eigenvalue weighted by Crippen LogP contribution is 2.43. The average Bonchev–Trinajstić information content (AvgIpc) is 2.71. The molecule has 2 N–H and O–H groups in total. The van der Waals surface area contributed by atoms with Crippen LogP contribution in [0.25, 0.3) is 0 Å². The van der Waals surface area contributed by atoms with Gasteiger partial charge in [-0.2, -0.15) is 0 Å². The molecule has 2 rings (SSSR count). The van der Waals surface area contributed by atoms with Crippen LogP contribution in [0.15, 0.2) is 40.7 Å². The molecule has 0 amide bonds. The summed E-state index contributed by atoms with van der Waals surface area (Å²) in [5.41, 5.74) is 0.801. The molecular formula is C21H24N2O9. The van der Waals surface area contributed by atoms with E-state index in [1.165, 1.54) is 12.1 Å². The molecule has 32 heavy (non-hydrogen) atoms. The van der Waals surface area contributed by atoms with Crippen LogP contribution in [0.3, 0.4) is 0 Å². The van der Waals surface area contributed by atoms with Crippen molar-refractivity contribution in [2.24, 2.45) is 0 Å². The summed E-state index contributed by atoms with van der Waals surface area (Å²) in [4.78, 5) is 47.3. The normalized spacial score (nSPS) is 14.0. The van der Waals surface area contributed by atoms with Crippen LogP contribution in [-0.2, 0) is 23.9 Å². The van der Waals surface area contributed by atoms with Crippen molar-refractivity contribution in [1.82, 2.24) is 5.32 Å². The number of nitro groups is 1. The first-order valence-electron chi connectivity index (χ1n) is 9.77. The van der Waals surface area contributed by atoms with Crippen molar-refractivity contribution in [3.63, 3.8) is 0 Å². The number of hydrogen-bond donors (Lipinski definition) is 2. The topological polar surface area (TPSA) is 154 Å². The van der Waals surface area contributed by atoms with E-state index in [0.717, 1.165) is 6.07 Å². The second-order valence-electron chi connectivity index (χ2n) is 6.74. The number of nitro benzene ring substituents is 1. The van der Waals surface area contributed by atoms with Crippen molar-refractivity contribution in [2.75, 3.05) is 19.8 Å². The molecule has 0 saturated carbocycles. The van der Waals surface area contributed by atoms with Gasteiger partial charge in [0.15, 0.2) is 6.61 Å². The van der Waals surface area contributed by atoms with Gasteiger partial charge >= 0.3 is 17.9 Å². The number of nitrogens with one attached hydrogen (secondary N) is 1. The summed E-state index contributed by atoms with van der Waals surface area (Å²) >= 11 is 0. The second kappa shape index (κ2) is 10.4. The summed E-state index contributed by atoms with van der Waals surface area (Å²) in [6.45, 7) is 5.85. The Morgan fingerprint density at radius 1 is 1.06 bits per heavy atom. The number of ether oxygens (including phenoxy) is 3. The summed E-state index contributed by atoms with van der Waals surface area (Å²) in [6.07, 6.45) is 0. The lowest BCUT2D eigenvalue weighted by molar-refractivity contribution is -0.385.